The van der Waals surface area contributed by atoms with Crippen LogP contribution in [0.1, 0.15) is 35.7 Å². The van der Waals surface area contributed by atoms with Gasteiger partial charge in [0.05, 0.1) is 47.1 Å². The lowest BCUT2D eigenvalue weighted by atomic mass is 9.89. The van der Waals surface area contributed by atoms with Gasteiger partial charge in [-0.3, -0.25) is 4.79 Å². The van der Waals surface area contributed by atoms with Crippen LogP contribution in [0.4, 0.5) is 5.95 Å². The van der Waals surface area contributed by atoms with E-state index in [-0.39, 0.29) is 11.9 Å². The van der Waals surface area contributed by atoms with Gasteiger partial charge in [0.25, 0.3) is 5.91 Å². The average Bonchev–Trinajstić information content (AvgIpc) is 3.28. The predicted molar refractivity (Wildman–Crippen MR) is 115 cm³/mol. The third kappa shape index (κ3) is 4.14. The largest absolute Gasteiger partial charge is 0.352 e. The summed E-state index contributed by atoms with van der Waals surface area (Å²) in [6.07, 6.45) is 8.37. The zero-order valence-corrected chi connectivity index (χ0v) is 17.8. The molecule has 1 aliphatic heterocycles. The first-order valence-corrected chi connectivity index (χ1v) is 10.4. The monoisotopic (exact) mass is 425 g/mol. The van der Waals surface area contributed by atoms with Crippen LogP contribution in [0.2, 0.25) is 5.02 Å². The number of benzene rings is 1. The van der Waals surface area contributed by atoms with Crippen molar-refractivity contribution in [3.8, 4) is 5.69 Å². The molecule has 3 aromatic rings. The van der Waals surface area contributed by atoms with Gasteiger partial charge in [-0.2, -0.15) is 15.0 Å². The Kier molecular flexibility index (Phi) is 5.94. The van der Waals surface area contributed by atoms with Gasteiger partial charge in [-0.25, -0.2) is 9.97 Å². The standard InChI is InChI=1S/C21H24ClN7O/c1-14-6-4-10-28(18(14)13-25-21-23-11-16(22)12-24-21)20(30)19-15(2)5-3-7-17(19)29-26-8-9-27-29/h3,5,7-9,11-12,14,18H,4,6,10,13H2,1-2H3,(H,23,24,25). The lowest BCUT2D eigenvalue weighted by Crippen LogP contribution is -2.51. The number of hydrogen-bond donors (Lipinski definition) is 1. The van der Waals surface area contributed by atoms with Crippen LogP contribution in [0.3, 0.4) is 0 Å². The van der Waals surface area contributed by atoms with Gasteiger partial charge in [-0.05, 0) is 37.3 Å². The summed E-state index contributed by atoms with van der Waals surface area (Å²) in [5.74, 6) is 0.843. The summed E-state index contributed by atoms with van der Waals surface area (Å²) in [4.78, 5) is 25.6. The molecular formula is C21H24ClN7O. The van der Waals surface area contributed by atoms with E-state index in [0.29, 0.717) is 41.2 Å². The molecule has 2 unspecified atom stereocenters. The highest BCUT2D eigenvalue weighted by molar-refractivity contribution is 6.30. The van der Waals surface area contributed by atoms with Gasteiger partial charge in [0, 0.05) is 13.1 Å². The normalized spacial score (nSPS) is 19.0. The molecule has 1 saturated heterocycles. The van der Waals surface area contributed by atoms with Crippen LogP contribution in [0.25, 0.3) is 5.69 Å². The molecule has 4 rings (SSSR count). The van der Waals surface area contributed by atoms with Crippen LogP contribution < -0.4 is 5.32 Å². The zero-order chi connectivity index (χ0) is 21.1. The number of likely N-dealkylation sites (tertiary alicyclic amines) is 1. The zero-order valence-electron chi connectivity index (χ0n) is 17.0. The van der Waals surface area contributed by atoms with E-state index < -0.39 is 0 Å². The van der Waals surface area contributed by atoms with E-state index in [4.69, 9.17) is 11.6 Å². The number of aromatic nitrogens is 5. The Bertz CT molecular complexity index is 1010. The quantitative estimate of drug-likeness (QED) is 0.674. The Morgan fingerprint density at radius 2 is 1.97 bits per heavy atom. The molecule has 0 aliphatic carbocycles. The van der Waals surface area contributed by atoms with Crippen LogP contribution in [0, 0.1) is 12.8 Å². The fraction of sp³-hybridized carbons (Fsp3) is 0.381. The number of piperidine rings is 1. The minimum atomic E-state index is -0.00391. The molecule has 1 fully saturated rings. The molecule has 0 radical (unpaired) electrons. The summed E-state index contributed by atoms with van der Waals surface area (Å²) in [6.45, 7) is 5.40. The molecule has 1 amide bonds. The third-order valence-corrected chi connectivity index (χ3v) is 5.76. The van der Waals surface area contributed by atoms with Gasteiger partial charge in [0.1, 0.15) is 0 Å². The second-order valence-corrected chi connectivity index (χ2v) is 8.02. The number of nitrogens with zero attached hydrogens (tertiary/aromatic N) is 6. The number of halogens is 1. The molecule has 2 atom stereocenters. The van der Waals surface area contributed by atoms with Gasteiger partial charge in [0.2, 0.25) is 5.95 Å². The molecule has 1 aromatic carbocycles. The number of anilines is 1. The minimum absolute atomic E-state index is 0.00391. The van der Waals surface area contributed by atoms with Crippen molar-refractivity contribution < 1.29 is 4.79 Å². The number of carbonyl (C=O) groups excluding carboxylic acids is 1. The number of rotatable bonds is 5. The molecular weight excluding hydrogens is 402 g/mol. The van der Waals surface area contributed by atoms with Gasteiger partial charge in [0.15, 0.2) is 0 Å². The van der Waals surface area contributed by atoms with E-state index >= 15 is 0 Å². The smallest absolute Gasteiger partial charge is 0.256 e. The predicted octanol–water partition coefficient (Wildman–Crippen LogP) is 3.37. The van der Waals surface area contributed by atoms with Crippen molar-refractivity contribution in [2.24, 2.45) is 5.92 Å². The number of carbonyl (C=O) groups is 1. The Hall–Kier alpha value is -3.00. The number of nitrogens with one attached hydrogen (secondary N) is 1. The Morgan fingerprint density at radius 3 is 2.70 bits per heavy atom. The van der Waals surface area contributed by atoms with Crippen LogP contribution in [0.5, 0.6) is 0 Å². The molecule has 0 saturated carbocycles. The first kappa shape index (κ1) is 20.3. The topological polar surface area (TPSA) is 88.8 Å². The molecule has 3 heterocycles. The van der Waals surface area contributed by atoms with Crippen molar-refractivity contribution >= 4 is 23.5 Å². The van der Waals surface area contributed by atoms with Crippen molar-refractivity contribution in [1.29, 1.82) is 0 Å². The number of hydrogen-bond acceptors (Lipinski definition) is 6. The summed E-state index contributed by atoms with van der Waals surface area (Å²) in [6, 6.07) is 5.76. The van der Waals surface area contributed by atoms with Gasteiger partial charge in [-0.15, -0.1) is 0 Å². The molecule has 1 N–H and O–H groups in total. The maximum absolute atomic E-state index is 13.7. The number of aryl methyl sites for hydroxylation is 1. The van der Waals surface area contributed by atoms with Crippen molar-refractivity contribution in [3.05, 3.63) is 59.1 Å². The molecule has 156 valence electrons. The van der Waals surface area contributed by atoms with Crippen LogP contribution in [-0.2, 0) is 0 Å². The fourth-order valence-electron chi connectivity index (χ4n) is 3.99. The second kappa shape index (κ2) is 8.79. The average molecular weight is 426 g/mol. The highest BCUT2D eigenvalue weighted by atomic mass is 35.5. The van der Waals surface area contributed by atoms with E-state index in [0.717, 1.165) is 18.4 Å². The second-order valence-electron chi connectivity index (χ2n) is 7.58. The van der Waals surface area contributed by atoms with Crippen LogP contribution >= 0.6 is 11.6 Å². The molecule has 8 nitrogen and oxygen atoms in total. The van der Waals surface area contributed by atoms with E-state index in [9.17, 15) is 4.79 Å². The molecule has 0 spiro atoms. The van der Waals surface area contributed by atoms with Crippen LogP contribution in [0.15, 0.2) is 43.0 Å². The molecule has 2 aromatic heterocycles. The Balaban J connectivity index is 1.61. The summed E-state index contributed by atoms with van der Waals surface area (Å²) >= 11 is 5.87. The third-order valence-electron chi connectivity index (χ3n) is 5.57. The maximum Gasteiger partial charge on any atom is 0.256 e. The molecule has 9 heteroatoms. The summed E-state index contributed by atoms with van der Waals surface area (Å²) < 4.78 is 0. The maximum atomic E-state index is 13.7. The summed E-state index contributed by atoms with van der Waals surface area (Å²) in [5.41, 5.74) is 2.23. The fourth-order valence-corrected chi connectivity index (χ4v) is 4.09. The van der Waals surface area contributed by atoms with E-state index in [2.05, 4.69) is 32.4 Å². The number of amides is 1. The molecule has 1 aliphatic rings. The first-order chi connectivity index (χ1) is 14.5. The highest BCUT2D eigenvalue weighted by Gasteiger charge is 2.34. The van der Waals surface area contributed by atoms with Crippen LogP contribution in [-0.4, -0.2) is 54.9 Å². The van der Waals surface area contributed by atoms with Crippen molar-refractivity contribution in [2.45, 2.75) is 32.7 Å². The molecule has 30 heavy (non-hydrogen) atoms. The SMILES string of the molecule is Cc1cccc(-n2nccn2)c1C(=O)N1CCCC(C)C1CNc1ncc(Cl)cn1. The lowest BCUT2D eigenvalue weighted by Gasteiger charge is -2.40. The minimum Gasteiger partial charge on any atom is -0.352 e. The van der Waals surface area contributed by atoms with E-state index in [1.807, 2.05) is 30.0 Å². The van der Waals surface area contributed by atoms with Crippen molar-refractivity contribution in [1.82, 2.24) is 29.9 Å². The van der Waals surface area contributed by atoms with Gasteiger partial charge in [-0.1, -0.05) is 30.7 Å². The Labute approximate surface area is 180 Å². The van der Waals surface area contributed by atoms with E-state index in [1.54, 1.807) is 24.8 Å². The van der Waals surface area contributed by atoms with Gasteiger partial charge >= 0.3 is 0 Å². The highest BCUT2D eigenvalue weighted by Crippen LogP contribution is 2.28. The van der Waals surface area contributed by atoms with Crippen molar-refractivity contribution in [3.63, 3.8) is 0 Å². The first-order valence-electron chi connectivity index (χ1n) is 10.0. The lowest BCUT2D eigenvalue weighted by molar-refractivity contribution is 0.0539. The van der Waals surface area contributed by atoms with Gasteiger partial charge < -0.3 is 10.2 Å². The molecule has 0 bridgehead atoms. The van der Waals surface area contributed by atoms with Crippen molar-refractivity contribution in [2.75, 3.05) is 18.4 Å². The Morgan fingerprint density at radius 1 is 1.23 bits per heavy atom. The summed E-state index contributed by atoms with van der Waals surface area (Å²) in [7, 11) is 0. The summed E-state index contributed by atoms with van der Waals surface area (Å²) in [5, 5.41) is 12.2. The van der Waals surface area contributed by atoms with E-state index in [1.165, 1.54) is 4.80 Å².